The van der Waals surface area contributed by atoms with E-state index in [1.54, 1.807) is 14.0 Å². The van der Waals surface area contributed by atoms with Crippen molar-refractivity contribution in [1.82, 2.24) is 0 Å². The highest BCUT2D eigenvalue weighted by atomic mass is 79.9. The van der Waals surface area contributed by atoms with Crippen LogP contribution in [0.1, 0.15) is 13.3 Å². The molecule has 0 aromatic heterocycles. The van der Waals surface area contributed by atoms with Crippen molar-refractivity contribution >= 4 is 21.6 Å². The second kappa shape index (κ2) is 5.98. The molecule has 0 saturated carbocycles. The Kier molecular flexibility index (Phi) is 4.91. The molecule has 2 N–H and O–H groups in total. The van der Waals surface area contributed by atoms with Crippen LogP contribution in [0.15, 0.2) is 22.7 Å². The van der Waals surface area contributed by atoms with Gasteiger partial charge in [0.1, 0.15) is 5.75 Å². The van der Waals surface area contributed by atoms with Crippen LogP contribution in [0.5, 0.6) is 5.75 Å². The molecule has 0 fully saturated rings. The molecular formula is C11H16BrNO2. The Morgan fingerprint density at radius 1 is 1.53 bits per heavy atom. The first kappa shape index (κ1) is 12.3. The molecule has 0 aliphatic heterocycles. The van der Waals surface area contributed by atoms with Crippen molar-refractivity contribution in [3.05, 3.63) is 22.7 Å². The fraction of sp³-hybridized carbons (Fsp3) is 0.455. The third-order valence-electron chi connectivity index (χ3n) is 2.04. The number of hydrogen-bond donors (Lipinski definition) is 2. The smallest absolute Gasteiger partial charge is 0.133 e. The van der Waals surface area contributed by atoms with Gasteiger partial charge in [0.15, 0.2) is 0 Å². The van der Waals surface area contributed by atoms with Gasteiger partial charge in [-0.3, -0.25) is 0 Å². The Balaban J connectivity index is 2.52. The van der Waals surface area contributed by atoms with E-state index in [0.717, 1.165) is 28.9 Å². The fourth-order valence-electron chi connectivity index (χ4n) is 1.20. The third kappa shape index (κ3) is 4.10. The molecule has 1 aromatic carbocycles. The van der Waals surface area contributed by atoms with E-state index in [1.807, 2.05) is 18.2 Å². The van der Waals surface area contributed by atoms with Crippen molar-refractivity contribution < 1.29 is 9.84 Å². The van der Waals surface area contributed by atoms with Gasteiger partial charge in [-0.15, -0.1) is 0 Å². The summed E-state index contributed by atoms with van der Waals surface area (Å²) in [6.45, 7) is 2.54. The van der Waals surface area contributed by atoms with Gasteiger partial charge in [0.2, 0.25) is 0 Å². The number of rotatable bonds is 5. The van der Waals surface area contributed by atoms with Gasteiger partial charge in [-0.1, -0.05) is 0 Å². The van der Waals surface area contributed by atoms with E-state index in [0.29, 0.717) is 0 Å². The minimum Gasteiger partial charge on any atom is -0.496 e. The molecule has 1 unspecified atom stereocenters. The van der Waals surface area contributed by atoms with Gasteiger partial charge in [0.05, 0.1) is 17.7 Å². The monoisotopic (exact) mass is 273 g/mol. The number of anilines is 1. The van der Waals surface area contributed by atoms with Gasteiger partial charge < -0.3 is 15.2 Å². The van der Waals surface area contributed by atoms with Crippen LogP contribution in [0.2, 0.25) is 0 Å². The number of methoxy groups -OCH3 is 1. The second-order valence-electron chi connectivity index (χ2n) is 3.41. The van der Waals surface area contributed by atoms with Gasteiger partial charge in [-0.2, -0.15) is 0 Å². The highest BCUT2D eigenvalue weighted by molar-refractivity contribution is 9.10. The summed E-state index contributed by atoms with van der Waals surface area (Å²) < 4.78 is 6.05. The molecule has 0 aliphatic carbocycles. The molecule has 15 heavy (non-hydrogen) atoms. The van der Waals surface area contributed by atoms with E-state index in [9.17, 15) is 0 Å². The van der Waals surface area contributed by atoms with Gasteiger partial charge in [-0.05, 0) is 47.5 Å². The fourth-order valence-corrected chi connectivity index (χ4v) is 1.74. The zero-order valence-corrected chi connectivity index (χ0v) is 10.5. The average Bonchev–Trinajstić information content (AvgIpc) is 2.17. The number of aliphatic hydroxyl groups is 1. The highest BCUT2D eigenvalue weighted by Crippen LogP contribution is 2.27. The number of aliphatic hydroxyl groups excluding tert-OH is 1. The number of halogens is 1. The summed E-state index contributed by atoms with van der Waals surface area (Å²) in [6, 6.07) is 5.81. The van der Waals surface area contributed by atoms with Crippen molar-refractivity contribution in [3.8, 4) is 5.75 Å². The molecule has 1 atom stereocenters. The van der Waals surface area contributed by atoms with Crippen LogP contribution in [-0.4, -0.2) is 24.9 Å². The van der Waals surface area contributed by atoms with Gasteiger partial charge in [0, 0.05) is 12.2 Å². The molecule has 1 rings (SSSR count). The maximum Gasteiger partial charge on any atom is 0.133 e. The van der Waals surface area contributed by atoms with Crippen LogP contribution < -0.4 is 10.1 Å². The molecule has 0 spiro atoms. The van der Waals surface area contributed by atoms with Crippen LogP contribution in [0.4, 0.5) is 5.69 Å². The lowest BCUT2D eigenvalue weighted by molar-refractivity contribution is 0.189. The van der Waals surface area contributed by atoms with Crippen molar-refractivity contribution in [3.63, 3.8) is 0 Å². The normalized spacial score (nSPS) is 12.3. The van der Waals surface area contributed by atoms with Crippen LogP contribution >= 0.6 is 15.9 Å². The Labute approximate surface area is 98.6 Å². The summed E-state index contributed by atoms with van der Waals surface area (Å²) in [5.41, 5.74) is 1.02. The lowest BCUT2D eigenvalue weighted by Gasteiger charge is -2.09. The number of nitrogens with one attached hydrogen (secondary N) is 1. The van der Waals surface area contributed by atoms with E-state index in [2.05, 4.69) is 21.2 Å². The van der Waals surface area contributed by atoms with Crippen molar-refractivity contribution in [2.75, 3.05) is 19.0 Å². The standard InChI is InChI=1S/C11H16BrNO2/c1-8(14)5-6-13-9-3-4-11(15-2)10(12)7-9/h3-4,7-8,13-14H,5-6H2,1-2H3. The molecule has 4 heteroatoms. The summed E-state index contributed by atoms with van der Waals surface area (Å²) in [5, 5.41) is 12.3. The second-order valence-corrected chi connectivity index (χ2v) is 4.27. The van der Waals surface area contributed by atoms with Crippen molar-refractivity contribution in [2.24, 2.45) is 0 Å². The first-order valence-corrected chi connectivity index (χ1v) is 5.68. The van der Waals surface area contributed by atoms with E-state index in [-0.39, 0.29) is 6.10 Å². The Hall–Kier alpha value is -0.740. The van der Waals surface area contributed by atoms with Crippen molar-refractivity contribution in [2.45, 2.75) is 19.4 Å². The zero-order chi connectivity index (χ0) is 11.3. The first-order chi connectivity index (χ1) is 7.13. The molecule has 3 nitrogen and oxygen atoms in total. The predicted molar refractivity (Wildman–Crippen MR) is 65.5 cm³/mol. The minimum atomic E-state index is -0.265. The Morgan fingerprint density at radius 2 is 2.27 bits per heavy atom. The molecule has 0 heterocycles. The number of hydrogen-bond acceptors (Lipinski definition) is 3. The maximum absolute atomic E-state index is 9.10. The number of benzene rings is 1. The number of ether oxygens (including phenoxy) is 1. The average molecular weight is 274 g/mol. The van der Waals surface area contributed by atoms with Gasteiger partial charge >= 0.3 is 0 Å². The Morgan fingerprint density at radius 3 is 2.80 bits per heavy atom. The molecule has 0 bridgehead atoms. The van der Waals surface area contributed by atoms with E-state index in [4.69, 9.17) is 9.84 Å². The third-order valence-corrected chi connectivity index (χ3v) is 2.66. The van der Waals surface area contributed by atoms with Crippen LogP contribution in [-0.2, 0) is 0 Å². The minimum absolute atomic E-state index is 0.265. The molecule has 0 aliphatic rings. The Bertz CT molecular complexity index is 315. The van der Waals surface area contributed by atoms with Crippen LogP contribution in [0, 0.1) is 0 Å². The van der Waals surface area contributed by atoms with Crippen molar-refractivity contribution in [1.29, 1.82) is 0 Å². The van der Waals surface area contributed by atoms with Gasteiger partial charge in [-0.25, -0.2) is 0 Å². The van der Waals surface area contributed by atoms with Crippen LogP contribution in [0.3, 0.4) is 0 Å². The maximum atomic E-state index is 9.10. The topological polar surface area (TPSA) is 41.5 Å². The molecule has 0 amide bonds. The highest BCUT2D eigenvalue weighted by Gasteiger charge is 2.01. The van der Waals surface area contributed by atoms with E-state index >= 15 is 0 Å². The SMILES string of the molecule is COc1ccc(NCCC(C)O)cc1Br. The zero-order valence-electron chi connectivity index (χ0n) is 8.96. The summed E-state index contributed by atoms with van der Waals surface area (Å²) in [6.07, 6.45) is 0.475. The quantitative estimate of drug-likeness (QED) is 0.867. The van der Waals surface area contributed by atoms with Crippen LogP contribution in [0.25, 0.3) is 0 Å². The predicted octanol–water partition coefficient (Wildman–Crippen LogP) is 2.64. The summed E-state index contributed by atoms with van der Waals surface area (Å²) in [7, 11) is 1.64. The summed E-state index contributed by atoms with van der Waals surface area (Å²) in [5.74, 6) is 0.816. The molecular weight excluding hydrogens is 258 g/mol. The van der Waals surface area contributed by atoms with E-state index < -0.39 is 0 Å². The molecule has 0 saturated heterocycles. The molecule has 84 valence electrons. The largest absolute Gasteiger partial charge is 0.496 e. The lowest BCUT2D eigenvalue weighted by atomic mass is 10.2. The van der Waals surface area contributed by atoms with Gasteiger partial charge in [0.25, 0.3) is 0 Å². The summed E-state index contributed by atoms with van der Waals surface area (Å²) in [4.78, 5) is 0. The molecule has 1 aromatic rings. The van der Waals surface area contributed by atoms with E-state index in [1.165, 1.54) is 0 Å². The first-order valence-electron chi connectivity index (χ1n) is 4.89. The summed E-state index contributed by atoms with van der Waals surface area (Å²) >= 11 is 3.41. The lowest BCUT2D eigenvalue weighted by Crippen LogP contribution is -2.09. The molecule has 0 radical (unpaired) electrons.